The lowest BCUT2D eigenvalue weighted by molar-refractivity contribution is -0.137. The van der Waals surface area contributed by atoms with E-state index in [9.17, 15) is 26.4 Å². The summed E-state index contributed by atoms with van der Waals surface area (Å²) in [6.07, 6.45) is -1.71. The lowest BCUT2D eigenvalue weighted by atomic mass is 10.1. The Hall–Kier alpha value is -2.33. The first-order valence-electron chi connectivity index (χ1n) is 8.20. The van der Waals surface area contributed by atoms with Crippen LogP contribution in [0.3, 0.4) is 0 Å². The van der Waals surface area contributed by atoms with Gasteiger partial charge in [-0.1, -0.05) is 12.1 Å². The number of hydrogen-bond acceptors (Lipinski definition) is 4. The molecular weight excluding hydrogens is 385 g/mol. The van der Waals surface area contributed by atoms with Crippen LogP contribution in [-0.2, 0) is 27.5 Å². The zero-order valence-electron chi connectivity index (χ0n) is 14.1. The normalized spacial score (nSPS) is 15.8. The lowest BCUT2D eigenvalue weighted by Gasteiger charge is -2.13. The number of nitrogens with one attached hydrogen (secondary N) is 1. The van der Waals surface area contributed by atoms with Crippen molar-refractivity contribution in [1.82, 2.24) is 9.29 Å². The van der Waals surface area contributed by atoms with Crippen molar-refractivity contribution in [2.24, 2.45) is 0 Å². The van der Waals surface area contributed by atoms with Crippen molar-refractivity contribution < 1.29 is 31.1 Å². The van der Waals surface area contributed by atoms with Gasteiger partial charge in [-0.05, 0) is 36.6 Å². The van der Waals surface area contributed by atoms with E-state index in [1.165, 1.54) is 28.7 Å². The number of halogens is 3. The monoisotopic (exact) mass is 402 g/mol. The minimum atomic E-state index is -4.49. The number of aromatic amines is 1. The van der Waals surface area contributed by atoms with Crippen LogP contribution in [0.25, 0.3) is 0 Å². The topological polar surface area (TPSA) is 79.5 Å². The SMILES string of the molecule is O=C(OCc1cccc(C(F)(F)F)c1)c1cc(S(=O)(=O)N2CCCC2)c[nH]1. The molecule has 1 aliphatic heterocycles. The van der Waals surface area contributed by atoms with Crippen molar-refractivity contribution in [1.29, 1.82) is 0 Å². The van der Waals surface area contributed by atoms with Gasteiger partial charge in [-0.3, -0.25) is 0 Å². The van der Waals surface area contributed by atoms with Gasteiger partial charge in [0.1, 0.15) is 17.2 Å². The van der Waals surface area contributed by atoms with Crippen LogP contribution in [0, 0.1) is 0 Å². The third kappa shape index (κ3) is 4.33. The Balaban J connectivity index is 1.67. The minimum absolute atomic E-state index is 0.0459. The number of carbonyl (C=O) groups excluding carboxylic acids is 1. The molecule has 2 aromatic rings. The summed E-state index contributed by atoms with van der Waals surface area (Å²) >= 11 is 0. The number of H-pyrrole nitrogens is 1. The van der Waals surface area contributed by atoms with E-state index in [4.69, 9.17) is 4.74 Å². The smallest absolute Gasteiger partial charge is 0.416 e. The quantitative estimate of drug-likeness (QED) is 0.779. The van der Waals surface area contributed by atoms with Crippen LogP contribution in [0.4, 0.5) is 13.2 Å². The van der Waals surface area contributed by atoms with Gasteiger partial charge in [0.15, 0.2) is 0 Å². The molecule has 0 radical (unpaired) electrons. The standard InChI is InChI=1S/C17H17F3N2O4S/c18-17(19,20)13-5-3-4-12(8-13)11-26-16(23)15-9-14(10-21-15)27(24,25)22-6-1-2-7-22/h3-5,8-10,21H,1-2,6-7,11H2. The lowest BCUT2D eigenvalue weighted by Crippen LogP contribution is -2.27. The van der Waals surface area contributed by atoms with Crippen molar-refractivity contribution in [3.8, 4) is 0 Å². The molecule has 1 fully saturated rings. The number of alkyl halides is 3. The first-order valence-corrected chi connectivity index (χ1v) is 9.64. The van der Waals surface area contributed by atoms with Crippen molar-refractivity contribution in [2.45, 2.75) is 30.5 Å². The number of nitrogens with zero attached hydrogens (tertiary/aromatic N) is 1. The second kappa shape index (κ2) is 7.35. The van der Waals surface area contributed by atoms with Crippen LogP contribution in [0.15, 0.2) is 41.4 Å². The van der Waals surface area contributed by atoms with Gasteiger partial charge in [-0.2, -0.15) is 17.5 Å². The summed E-state index contributed by atoms with van der Waals surface area (Å²) in [6, 6.07) is 5.61. The first kappa shape index (κ1) is 19.4. The van der Waals surface area contributed by atoms with Gasteiger partial charge in [-0.25, -0.2) is 13.2 Å². The Kier molecular flexibility index (Phi) is 5.29. The summed E-state index contributed by atoms with van der Waals surface area (Å²) in [5.74, 6) is -0.852. The van der Waals surface area contributed by atoms with Gasteiger partial charge in [-0.15, -0.1) is 0 Å². The van der Waals surface area contributed by atoms with Crippen LogP contribution in [-0.4, -0.2) is 36.8 Å². The Morgan fingerprint density at radius 2 is 1.89 bits per heavy atom. The average molecular weight is 402 g/mol. The number of benzene rings is 1. The van der Waals surface area contributed by atoms with Gasteiger partial charge in [0.05, 0.1) is 5.56 Å². The molecule has 0 bridgehead atoms. The van der Waals surface area contributed by atoms with Crippen molar-refractivity contribution in [3.63, 3.8) is 0 Å². The first-order chi connectivity index (χ1) is 12.7. The maximum Gasteiger partial charge on any atom is 0.416 e. The Bertz CT molecular complexity index is 932. The third-order valence-corrected chi connectivity index (χ3v) is 6.08. The fourth-order valence-corrected chi connectivity index (χ4v) is 4.29. The average Bonchev–Trinajstić information content (AvgIpc) is 3.31. The van der Waals surface area contributed by atoms with E-state index < -0.39 is 27.7 Å². The molecule has 0 saturated carbocycles. The minimum Gasteiger partial charge on any atom is -0.456 e. The summed E-state index contributed by atoms with van der Waals surface area (Å²) in [7, 11) is -3.67. The Labute approximate surface area is 154 Å². The number of aromatic nitrogens is 1. The number of hydrogen-bond donors (Lipinski definition) is 1. The molecule has 0 unspecified atom stereocenters. The maximum absolute atomic E-state index is 12.7. The summed E-state index contributed by atoms with van der Waals surface area (Å²) in [5.41, 5.74) is -0.746. The molecular formula is C17H17F3N2O4S. The molecule has 0 atom stereocenters. The van der Waals surface area contributed by atoms with Gasteiger partial charge in [0.2, 0.25) is 10.0 Å². The van der Waals surface area contributed by atoms with E-state index in [0.29, 0.717) is 13.1 Å². The molecule has 1 aliphatic rings. The molecule has 1 saturated heterocycles. The molecule has 1 aromatic carbocycles. The molecule has 146 valence electrons. The highest BCUT2D eigenvalue weighted by molar-refractivity contribution is 7.89. The molecule has 1 N–H and O–H groups in total. The van der Waals surface area contributed by atoms with Gasteiger partial charge >= 0.3 is 12.1 Å². The summed E-state index contributed by atoms with van der Waals surface area (Å²) in [5, 5.41) is 0. The predicted octanol–water partition coefficient (Wildman–Crippen LogP) is 3.18. The second-order valence-corrected chi connectivity index (χ2v) is 8.07. The zero-order valence-corrected chi connectivity index (χ0v) is 14.9. The highest BCUT2D eigenvalue weighted by atomic mass is 32.2. The highest BCUT2D eigenvalue weighted by Crippen LogP contribution is 2.29. The van der Waals surface area contributed by atoms with Crippen LogP contribution in [0.5, 0.6) is 0 Å². The van der Waals surface area contributed by atoms with E-state index >= 15 is 0 Å². The molecule has 10 heteroatoms. The van der Waals surface area contributed by atoms with Crippen molar-refractivity contribution in [3.05, 3.63) is 53.3 Å². The van der Waals surface area contributed by atoms with Crippen LogP contribution in [0.1, 0.15) is 34.5 Å². The zero-order chi connectivity index (χ0) is 19.7. The molecule has 0 spiro atoms. The maximum atomic E-state index is 12.7. The largest absolute Gasteiger partial charge is 0.456 e. The molecule has 1 aromatic heterocycles. The van der Waals surface area contributed by atoms with Crippen molar-refractivity contribution >= 4 is 16.0 Å². The number of ether oxygens (including phenoxy) is 1. The van der Waals surface area contributed by atoms with Crippen LogP contribution >= 0.6 is 0 Å². The van der Waals surface area contributed by atoms with Crippen LogP contribution < -0.4 is 0 Å². The number of esters is 1. The second-order valence-electron chi connectivity index (χ2n) is 6.13. The van der Waals surface area contributed by atoms with E-state index in [0.717, 1.165) is 25.0 Å². The number of carbonyl (C=O) groups is 1. The van der Waals surface area contributed by atoms with E-state index in [2.05, 4.69) is 4.98 Å². The third-order valence-electron chi connectivity index (χ3n) is 4.20. The van der Waals surface area contributed by atoms with Crippen molar-refractivity contribution in [2.75, 3.05) is 13.1 Å². The molecule has 2 heterocycles. The van der Waals surface area contributed by atoms with Crippen LogP contribution in [0.2, 0.25) is 0 Å². The summed E-state index contributed by atoms with van der Waals surface area (Å²) < 4.78 is 69.3. The Morgan fingerprint density at radius 3 is 2.56 bits per heavy atom. The molecule has 0 aliphatic carbocycles. The summed E-state index contributed by atoms with van der Waals surface area (Å²) in [4.78, 5) is 14.6. The highest BCUT2D eigenvalue weighted by Gasteiger charge is 2.31. The van der Waals surface area contributed by atoms with Gasteiger partial charge < -0.3 is 9.72 Å². The van der Waals surface area contributed by atoms with E-state index in [1.807, 2.05) is 0 Å². The van der Waals surface area contributed by atoms with E-state index in [-0.39, 0.29) is 22.8 Å². The molecule has 3 rings (SSSR count). The fraction of sp³-hybridized carbons (Fsp3) is 0.353. The molecule has 6 nitrogen and oxygen atoms in total. The fourth-order valence-electron chi connectivity index (χ4n) is 2.78. The molecule has 0 amide bonds. The van der Waals surface area contributed by atoms with E-state index in [1.54, 1.807) is 0 Å². The molecule has 27 heavy (non-hydrogen) atoms. The summed E-state index contributed by atoms with van der Waals surface area (Å²) in [6.45, 7) is 0.502. The predicted molar refractivity (Wildman–Crippen MR) is 89.3 cm³/mol. The van der Waals surface area contributed by atoms with Gasteiger partial charge in [0.25, 0.3) is 0 Å². The number of rotatable bonds is 5. The Morgan fingerprint density at radius 1 is 1.19 bits per heavy atom. The van der Waals surface area contributed by atoms with Gasteiger partial charge in [0, 0.05) is 19.3 Å². The number of sulfonamides is 1.